The van der Waals surface area contributed by atoms with Gasteiger partial charge in [0.05, 0.1) is 0 Å². The Labute approximate surface area is 126 Å². The molecule has 98 valence electrons. The van der Waals surface area contributed by atoms with E-state index in [0.717, 1.165) is 12.8 Å². The standard InChI is InChI=1S/C16H16S3/c1-3-11-5-7-13(17-11)15-9-10-16(19-15)14-8-6-12(4-2)18-14/h5-10H,3-4H2,1-2H3. The van der Waals surface area contributed by atoms with Gasteiger partial charge >= 0.3 is 0 Å². The molecule has 0 spiro atoms. The summed E-state index contributed by atoms with van der Waals surface area (Å²) in [4.78, 5) is 8.53. The lowest BCUT2D eigenvalue weighted by atomic mass is 10.3. The molecule has 0 aromatic carbocycles. The van der Waals surface area contributed by atoms with Gasteiger partial charge in [-0.25, -0.2) is 0 Å². The smallest absolute Gasteiger partial charge is 0.0449 e. The molecule has 3 heteroatoms. The van der Waals surface area contributed by atoms with Crippen LogP contribution in [0.5, 0.6) is 0 Å². The molecular weight excluding hydrogens is 288 g/mol. The summed E-state index contributed by atoms with van der Waals surface area (Å²) in [5, 5.41) is 0. The second kappa shape index (κ2) is 5.61. The van der Waals surface area contributed by atoms with E-state index < -0.39 is 0 Å². The summed E-state index contributed by atoms with van der Waals surface area (Å²) < 4.78 is 0. The van der Waals surface area contributed by atoms with E-state index in [2.05, 4.69) is 50.2 Å². The molecule has 19 heavy (non-hydrogen) atoms. The van der Waals surface area contributed by atoms with Gasteiger partial charge in [-0.1, -0.05) is 13.8 Å². The van der Waals surface area contributed by atoms with E-state index >= 15 is 0 Å². The molecule has 0 amide bonds. The maximum atomic E-state index is 2.26. The number of hydrogen-bond acceptors (Lipinski definition) is 3. The van der Waals surface area contributed by atoms with Crippen molar-refractivity contribution in [2.24, 2.45) is 0 Å². The Morgan fingerprint density at radius 2 is 0.947 bits per heavy atom. The first-order chi connectivity index (χ1) is 9.30. The predicted octanol–water partition coefficient (Wildman–Crippen LogP) is 6.33. The van der Waals surface area contributed by atoms with Gasteiger partial charge in [-0.15, -0.1) is 34.0 Å². The third-order valence-corrected chi connectivity index (χ3v) is 7.05. The van der Waals surface area contributed by atoms with Crippen LogP contribution in [-0.2, 0) is 12.8 Å². The molecule has 0 saturated carbocycles. The Hall–Kier alpha value is -0.900. The number of rotatable bonds is 4. The zero-order valence-electron chi connectivity index (χ0n) is 11.1. The second-order valence-electron chi connectivity index (χ2n) is 4.40. The van der Waals surface area contributed by atoms with E-state index in [0.29, 0.717) is 0 Å². The topological polar surface area (TPSA) is 0 Å². The molecule has 0 N–H and O–H groups in total. The zero-order valence-corrected chi connectivity index (χ0v) is 13.6. The predicted molar refractivity (Wildman–Crippen MR) is 89.7 cm³/mol. The highest BCUT2D eigenvalue weighted by atomic mass is 32.1. The van der Waals surface area contributed by atoms with Crippen LogP contribution in [0.2, 0.25) is 0 Å². The van der Waals surface area contributed by atoms with Crippen LogP contribution in [0.15, 0.2) is 36.4 Å². The number of thiophene rings is 3. The lowest BCUT2D eigenvalue weighted by Gasteiger charge is -1.91. The number of aryl methyl sites for hydroxylation is 2. The Morgan fingerprint density at radius 3 is 1.32 bits per heavy atom. The van der Waals surface area contributed by atoms with Crippen LogP contribution in [0.1, 0.15) is 23.6 Å². The van der Waals surface area contributed by atoms with Crippen LogP contribution in [-0.4, -0.2) is 0 Å². The lowest BCUT2D eigenvalue weighted by molar-refractivity contribution is 1.19. The normalized spacial score (nSPS) is 11.1. The lowest BCUT2D eigenvalue weighted by Crippen LogP contribution is -1.64. The molecule has 0 aliphatic rings. The molecule has 0 aliphatic carbocycles. The monoisotopic (exact) mass is 304 g/mol. The van der Waals surface area contributed by atoms with Gasteiger partial charge < -0.3 is 0 Å². The van der Waals surface area contributed by atoms with E-state index in [1.165, 1.54) is 29.3 Å². The van der Waals surface area contributed by atoms with Crippen molar-refractivity contribution in [1.29, 1.82) is 0 Å². The molecule has 0 aliphatic heterocycles. The average Bonchev–Trinajstić information content (AvgIpc) is 3.16. The van der Waals surface area contributed by atoms with Gasteiger partial charge in [0.15, 0.2) is 0 Å². The first kappa shape index (κ1) is 13.1. The van der Waals surface area contributed by atoms with Gasteiger partial charge in [0.1, 0.15) is 0 Å². The maximum Gasteiger partial charge on any atom is 0.0449 e. The Bertz CT molecular complexity index is 613. The van der Waals surface area contributed by atoms with Crippen molar-refractivity contribution in [3.05, 3.63) is 46.2 Å². The third-order valence-electron chi connectivity index (χ3n) is 3.11. The molecule has 3 aromatic rings. The van der Waals surface area contributed by atoms with Crippen molar-refractivity contribution in [3.8, 4) is 19.5 Å². The molecule has 0 fully saturated rings. The Balaban J connectivity index is 1.90. The third kappa shape index (κ3) is 2.69. The molecule has 3 heterocycles. The zero-order chi connectivity index (χ0) is 13.2. The molecule has 0 radical (unpaired) electrons. The summed E-state index contributed by atoms with van der Waals surface area (Å²) in [6.07, 6.45) is 2.27. The summed E-state index contributed by atoms with van der Waals surface area (Å²) in [6.45, 7) is 4.43. The van der Waals surface area contributed by atoms with E-state index in [9.17, 15) is 0 Å². The SMILES string of the molecule is CCc1ccc(-c2ccc(-c3ccc(CC)s3)s2)s1. The van der Waals surface area contributed by atoms with Gasteiger partial charge in [-0.2, -0.15) is 0 Å². The van der Waals surface area contributed by atoms with Crippen molar-refractivity contribution < 1.29 is 0 Å². The summed E-state index contributed by atoms with van der Waals surface area (Å²) in [5.74, 6) is 0. The van der Waals surface area contributed by atoms with Gasteiger partial charge in [-0.05, 0) is 49.2 Å². The van der Waals surface area contributed by atoms with Crippen molar-refractivity contribution >= 4 is 34.0 Å². The van der Waals surface area contributed by atoms with Crippen molar-refractivity contribution in [2.45, 2.75) is 26.7 Å². The van der Waals surface area contributed by atoms with E-state index in [1.54, 1.807) is 0 Å². The van der Waals surface area contributed by atoms with Crippen LogP contribution in [0.25, 0.3) is 19.5 Å². The molecule has 0 unspecified atom stereocenters. The number of hydrogen-bond donors (Lipinski definition) is 0. The summed E-state index contributed by atoms with van der Waals surface area (Å²) in [5.41, 5.74) is 0. The van der Waals surface area contributed by atoms with Crippen molar-refractivity contribution in [3.63, 3.8) is 0 Å². The van der Waals surface area contributed by atoms with E-state index in [-0.39, 0.29) is 0 Å². The van der Waals surface area contributed by atoms with E-state index in [4.69, 9.17) is 0 Å². The van der Waals surface area contributed by atoms with Gasteiger partial charge in [0.2, 0.25) is 0 Å². The van der Waals surface area contributed by atoms with Crippen LogP contribution in [0, 0.1) is 0 Å². The molecular formula is C16H16S3. The fraction of sp³-hybridized carbons (Fsp3) is 0.250. The minimum atomic E-state index is 1.13. The fourth-order valence-electron chi connectivity index (χ4n) is 2.00. The van der Waals surface area contributed by atoms with Crippen LogP contribution in [0.3, 0.4) is 0 Å². The molecule has 0 saturated heterocycles. The van der Waals surface area contributed by atoms with Crippen LogP contribution in [0.4, 0.5) is 0 Å². The molecule has 3 aromatic heterocycles. The first-order valence-corrected chi connectivity index (χ1v) is 9.03. The Kier molecular flexibility index (Phi) is 3.87. The van der Waals surface area contributed by atoms with Crippen LogP contribution < -0.4 is 0 Å². The fourth-order valence-corrected chi connectivity index (χ4v) is 5.09. The second-order valence-corrected chi connectivity index (χ2v) is 7.82. The maximum absolute atomic E-state index is 2.26. The molecule has 0 atom stereocenters. The highest BCUT2D eigenvalue weighted by Crippen LogP contribution is 2.39. The minimum Gasteiger partial charge on any atom is -0.139 e. The summed E-state index contributed by atoms with van der Waals surface area (Å²) >= 11 is 5.74. The highest BCUT2D eigenvalue weighted by Gasteiger charge is 2.08. The van der Waals surface area contributed by atoms with Crippen molar-refractivity contribution in [1.82, 2.24) is 0 Å². The minimum absolute atomic E-state index is 1.13. The molecule has 0 nitrogen and oxygen atoms in total. The molecule has 3 rings (SSSR count). The van der Waals surface area contributed by atoms with Crippen molar-refractivity contribution in [2.75, 3.05) is 0 Å². The largest absolute Gasteiger partial charge is 0.139 e. The summed E-state index contributed by atoms with van der Waals surface area (Å²) in [7, 11) is 0. The van der Waals surface area contributed by atoms with Gasteiger partial charge in [0, 0.05) is 29.3 Å². The van der Waals surface area contributed by atoms with E-state index in [1.807, 2.05) is 34.0 Å². The quantitative estimate of drug-likeness (QED) is 0.528. The first-order valence-electron chi connectivity index (χ1n) is 6.58. The highest BCUT2D eigenvalue weighted by molar-refractivity contribution is 7.26. The average molecular weight is 305 g/mol. The van der Waals surface area contributed by atoms with Gasteiger partial charge in [0.25, 0.3) is 0 Å². The van der Waals surface area contributed by atoms with Crippen LogP contribution >= 0.6 is 34.0 Å². The molecule has 0 bridgehead atoms. The summed E-state index contributed by atoms with van der Waals surface area (Å²) in [6, 6.07) is 13.5. The Morgan fingerprint density at radius 1 is 0.579 bits per heavy atom. The van der Waals surface area contributed by atoms with Gasteiger partial charge in [-0.3, -0.25) is 0 Å².